The molecule has 3 aromatic rings. The van der Waals surface area contributed by atoms with E-state index >= 15 is 0 Å². The number of aromatic nitrogens is 3. The first-order chi connectivity index (χ1) is 14.2. The Hall–Kier alpha value is -3.44. The first-order valence-corrected chi connectivity index (χ1v) is 11.3. The zero-order valence-electron chi connectivity index (χ0n) is 17.3. The lowest BCUT2D eigenvalue weighted by atomic mass is 10.2. The van der Waals surface area contributed by atoms with E-state index in [2.05, 4.69) is 37.4 Å². The normalized spacial score (nSPS) is 11.0. The second kappa shape index (κ2) is 8.93. The van der Waals surface area contributed by atoms with Crippen molar-refractivity contribution in [3.8, 4) is 23.4 Å². The molecular weight excluding hydrogens is 398 g/mol. The number of benzene rings is 1. The van der Waals surface area contributed by atoms with Crippen LogP contribution < -0.4 is 10.6 Å². The summed E-state index contributed by atoms with van der Waals surface area (Å²) in [5, 5.41) is 6.44. The first kappa shape index (κ1) is 21.3. The standard InChI is InChI=1S/C22H23N5O2S/c1-5-8-16-9-7-12-19(24-16)22-26-20(23-15(2)3)14-21(27-22)25-17-10-6-11-18(13-17)30(4,28)29/h6-7,9-15H,1-4H3,(H2,23,25,26,27). The summed E-state index contributed by atoms with van der Waals surface area (Å²) < 4.78 is 23.7. The summed E-state index contributed by atoms with van der Waals surface area (Å²) in [7, 11) is -3.31. The number of anilines is 3. The summed E-state index contributed by atoms with van der Waals surface area (Å²) in [5.41, 5.74) is 1.84. The fourth-order valence-electron chi connectivity index (χ4n) is 2.70. The summed E-state index contributed by atoms with van der Waals surface area (Å²) in [6, 6.07) is 14.0. The number of nitrogens with zero attached hydrogens (tertiary/aromatic N) is 3. The van der Waals surface area contributed by atoms with Gasteiger partial charge in [-0.3, -0.25) is 0 Å². The Morgan fingerprint density at radius 2 is 1.70 bits per heavy atom. The maximum Gasteiger partial charge on any atom is 0.182 e. The van der Waals surface area contributed by atoms with Crippen LogP contribution in [0.15, 0.2) is 53.4 Å². The third kappa shape index (κ3) is 5.55. The van der Waals surface area contributed by atoms with Crippen LogP contribution in [-0.2, 0) is 9.84 Å². The van der Waals surface area contributed by atoms with Gasteiger partial charge < -0.3 is 10.6 Å². The van der Waals surface area contributed by atoms with Crippen molar-refractivity contribution in [1.29, 1.82) is 0 Å². The first-order valence-electron chi connectivity index (χ1n) is 9.37. The Morgan fingerprint density at radius 3 is 2.40 bits per heavy atom. The van der Waals surface area contributed by atoms with Crippen molar-refractivity contribution in [2.45, 2.75) is 31.7 Å². The van der Waals surface area contributed by atoms with Crippen molar-refractivity contribution in [2.24, 2.45) is 0 Å². The van der Waals surface area contributed by atoms with Crippen LogP contribution in [0.4, 0.5) is 17.3 Å². The smallest absolute Gasteiger partial charge is 0.182 e. The van der Waals surface area contributed by atoms with Gasteiger partial charge in [-0.05, 0) is 57.0 Å². The van der Waals surface area contributed by atoms with Gasteiger partial charge in [0.05, 0.1) is 4.90 Å². The Kier molecular flexibility index (Phi) is 6.33. The summed E-state index contributed by atoms with van der Waals surface area (Å²) in [5.74, 6) is 7.35. The second-order valence-electron chi connectivity index (χ2n) is 6.97. The molecule has 0 aliphatic heterocycles. The molecule has 1 aromatic carbocycles. The van der Waals surface area contributed by atoms with E-state index < -0.39 is 9.84 Å². The van der Waals surface area contributed by atoms with Gasteiger partial charge in [0.2, 0.25) is 0 Å². The minimum atomic E-state index is -3.31. The zero-order valence-corrected chi connectivity index (χ0v) is 18.1. The van der Waals surface area contributed by atoms with Crippen LogP contribution in [0, 0.1) is 11.8 Å². The van der Waals surface area contributed by atoms with Crippen molar-refractivity contribution >= 4 is 27.2 Å². The molecule has 3 rings (SSSR count). The van der Waals surface area contributed by atoms with Crippen molar-refractivity contribution < 1.29 is 8.42 Å². The molecule has 2 aromatic heterocycles. The lowest BCUT2D eigenvalue weighted by Crippen LogP contribution is -2.12. The third-order valence-electron chi connectivity index (χ3n) is 3.93. The maximum atomic E-state index is 11.9. The number of sulfone groups is 1. The fraction of sp³-hybridized carbons (Fsp3) is 0.227. The van der Waals surface area contributed by atoms with Gasteiger partial charge in [-0.15, -0.1) is 0 Å². The third-order valence-corrected chi connectivity index (χ3v) is 5.04. The molecule has 8 heteroatoms. The summed E-state index contributed by atoms with van der Waals surface area (Å²) in [6.45, 7) is 5.78. The molecular formula is C22H23N5O2S. The van der Waals surface area contributed by atoms with Crippen molar-refractivity contribution in [3.63, 3.8) is 0 Å². The molecule has 0 atom stereocenters. The molecule has 0 aliphatic carbocycles. The quantitative estimate of drug-likeness (QED) is 0.583. The van der Waals surface area contributed by atoms with Gasteiger partial charge in [0.25, 0.3) is 0 Å². The number of pyridine rings is 1. The van der Waals surface area contributed by atoms with E-state index in [4.69, 9.17) is 0 Å². The molecule has 7 nitrogen and oxygen atoms in total. The lowest BCUT2D eigenvalue weighted by Gasteiger charge is -2.13. The van der Waals surface area contributed by atoms with Crippen molar-refractivity contribution in [2.75, 3.05) is 16.9 Å². The molecule has 2 N–H and O–H groups in total. The summed E-state index contributed by atoms with van der Waals surface area (Å²) >= 11 is 0. The van der Waals surface area contributed by atoms with Crippen molar-refractivity contribution in [3.05, 3.63) is 54.2 Å². The predicted octanol–water partition coefficient (Wildman–Crippen LogP) is 3.88. The van der Waals surface area contributed by atoms with Crippen LogP contribution in [0.25, 0.3) is 11.5 Å². The number of rotatable bonds is 6. The van der Waals surface area contributed by atoms with Crippen LogP contribution in [0.5, 0.6) is 0 Å². The van der Waals surface area contributed by atoms with E-state index in [9.17, 15) is 8.42 Å². The highest BCUT2D eigenvalue weighted by Gasteiger charge is 2.12. The summed E-state index contributed by atoms with van der Waals surface area (Å²) in [4.78, 5) is 13.9. The van der Waals surface area contributed by atoms with Gasteiger partial charge in [0.1, 0.15) is 23.0 Å². The highest BCUT2D eigenvalue weighted by atomic mass is 32.2. The van der Waals surface area contributed by atoms with Crippen LogP contribution in [0.2, 0.25) is 0 Å². The highest BCUT2D eigenvalue weighted by molar-refractivity contribution is 7.90. The van der Waals surface area contributed by atoms with Gasteiger partial charge in [0, 0.05) is 24.1 Å². The minimum Gasteiger partial charge on any atom is -0.368 e. The Balaban J connectivity index is 2.03. The van der Waals surface area contributed by atoms with E-state index in [0.717, 1.165) is 0 Å². The van der Waals surface area contributed by atoms with Crippen LogP contribution in [-0.4, -0.2) is 35.7 Å². The monoisotopic (exact) mass is 421 g/mol. The Morgan fingerprint density at radius 1 is 0.967 bits per heavy atom. The highest BCUT2D eigenvalue weighted by Crippen LogP contribution is 2.24. The van der Waals surface area contributed by atoms with E-state index in [1.165, 1.54) is 6.26 Å². The van der Waals surface area contributed by atoms with Gasteiger partial charge in [-0.25, -0.2) is 23.4 Å². The number of nitrogens with one attached hydrogen (secondary N) is 2. The lowest BCUT2D eigenvalue weighted by molar-refractivity contribution is 0.602. The molecule has 0 spiro atoms. The molecule has 0 bridgehead atoms. The van der Waals surface area contributed by atoms with E-state index in [1.54, 1.807) is 37.3 Å². The van der Waals surface area contributed by atoms with E-state index in [1.807, 2.05) is 32.0 Å². The SMILES string of the molecule is CC#Cc1cccc(-c2nc(Nc3cccc(S(C)(=O)=O)c3)cc(NC(C)C)n2)n1. The zero-order chi connectivity index (χ0) is 21.7. The van der Waals surface area contributed by atoms with Gasteiger partial charge >= 0.3 is 0 Å². The topological polar surface area (TPSA) is 96.9 Å². The average molecular weight is 422 g/mol. The fourth-order valence-corrected chi connectivity index (χ4v) is 3.37. The molecule has 0 radical (unpaired) electrons. The average Bonchev–Trinajstić information content (AvgIpc) is 2.67. The van der Waals surface area contributed by atoms with Crippen molar-refractivity contribution in [1.82, 2.24) is 15.0 Å². The molecule has 30 heavy (non-hydrogen) atoms. The number of hydrogen-bond acceptors (Lipinski definition) is 7. The molecule has 0 aliphatic rings. The second-order valence-corrected chi connectivity index (χ2v) is 8.98. The van der Waals surface area contributed by atoms with Gasteiger partial charge in [-0.1, -0.05) is 18.1 Å². The molecule has 154 valence electrons. The van der Waals surface area contributed by atoms with E-state index in [0.29, 0.717) is 34.5 Å². The molecule has 0 saturated carbocycles. The number of hydrogen-bond donors (Lipinski definition) is 2. The summed E-state index contributed by atoms with van der Waals surface area (Å²) in [6.07, 6.45) is 1.18. The Bertz CT molecular complexity index is 1230. The van der Waals surface area contributed by atoms with Crippen LogP contribution in [0.3, 0.4) is 0 Å². The molecule has 0 unspecified atom stereocenters. The molecule has 0 fully saturated rings. The largest absolute Gasteiger partial charge is 0.368 e. The maximum absolute atomic E-state index is 11.9. The molecule has 0 amide bonds. The molecule has 2 heterocycles. The van der Waals surface area contributed by atoms with Crippen LogP contribution in [0.1, 0.15) is 26.5 Å². The minimum absolute atomic E-state index is 0.166. The Labute approximate surface area is 176 Å². The predicted molar refractivity (Wildman–Crippen MR) is 119 cm³/mol. The van der Waals surface area contributed by atoms with Gasteiger partial charge in [-0.2, -0.15) is 0 Å². The van der Waals surface area contributed by atoms with Gasteiger partial charge in [0.15, 0.2) is 15.7 Å². The van der Waals surface area contributed by atoms with Crippen LogP contribution >= 0.6 is 0 Å². The molecule has 0 saturated heterocycles. The van der Waals surface area contributed by atoms with E-state index in [-0.39, 0.29) is 10.9 Å².